The molecule has 0 saturated heterocycles. The molecule has 0 fully saturated rings. The van der Waals surface area contributed by atoms with E-state index in [-0.39, 0.29) is 0 Å². The molecule has 0 aromatic heterocycles. The topological polar surface area (TPSA) is 12.5 Å². The molecule has 0 spiro atoms. The quantitative estimate of drug-likeness (QED) is 0.583. The molecule has 0 bridgehead atoms. The first kappa shape index (κ1) is 27.6. The van der Waals surface area contributed by atoms with Gasteiger partial charge in [-0.1, -0.05) is 52.7 Å². The van der Waals surface area contributed by atoms with Gasteiger partial charge in [0.05, 0.1) is 0 Å². The fourth-order valence-electron chi connectivity index (χ4n) is 1.12. The highest BCUT2D eigenvalue weighted by Gasteiger charge is 1.98. The SMILES string of the molecule is CC.CC.CCC/C(=C\C=C(C)C)N(C)CC.COC. The molecular weight excluding hydrogens is 246 g/mol. The van der Waals surface area contributed by atoms with Gasteiger partial charge in [0.2, 0.25) is 0 Å². The largest absolute Gasteiger partial charge is 0.388 e. The Morgan fingerprint density at radius 1 is 0.950 bits per heavy atom. The molecule has 2 heteroatoms. The molecule has 0 aromatic carbocycles. The van der Waals surface area contributed by atoms with Gasteiger partial charge in [-0.15, -0.1) is 0 Å². The molecule has 0 N–H and O–H groups in total. The van der Waals surface area contributed by atoms with E-state index < -0.39 is 0 Å². The molecule has 2 nitrogen and oxygen atoms in total. The van der Waals surface area contributed by atoms with Crippen LogP contribution in [0.1, 0.15) is 68.2 Å². The lowest BCUT2D eigenvalue weighted by atomic mass is 10.2. The van der Waals surface area contributed by atoms with Gasteiger partial charge < -0.3 is 9.64 Å². The maximum absolute atomic E-state index is 4.25. The van der Waals surface area contributed by atoms with Gasteiger partial charge in [-0.3, -0.25) is 0 Å². The smallest absolute Gasteiger partial charge is 0.0351 e. The van der Waals surface area contributed by atoms with Gasteiger partial charge in [-0.05, 0) is 33.3 Å². The Hall–Kier alpha value is -0.760. The summed E-state index contributed by atoms with van der Waals surface area (Å²) in [5, 5.41) is 0. The van der Waals surface area contributed by atoms with E-state index in [0.717, 1.165) is 6.54 Å². The molecule has 0 amide bonds. The summed E-state index contributed by atoms with van der Waals surface area (Å²) in [4.78, 5) is 2.31. The fraction of sp³-hybridized carbons (Fsp3) is 0.778. The second kappa shape index (κ2) is 26.7. The summed E-state index contributed by atoms with van der Waals surface area (Å²) in [7, 11) is 5.40. The van der Waals surface area contributed by atoms with Crippen molar-refractivity contribution in [1.29, 1.82) is 0 Å². The van der Waals surface area contributed by atoms with E-state index >= 15 is 0 Å². The number of allylic oxidation sites excluding steroid dienone is 4. The monoisotopic (exact) mass is 287 g/mol. The standard InChI is InChI=1S/C12H23N.C2H6O.2C2H6/c1-6-8-12(13(5)7-2)10-9-11(3)4;1-3-2;2*1-2/h9-10H,6-8H2,1-5H3;1-2H3;2*1-2H3/b12-10+;;;. The molecule has 0 aliphatic heterocycles. The predicted octanol–water partition coefficient (Wildman–Crippen LogP) is 5.90. The Morgan fingerprint density at radius 2 is 1.35 bits per heavy atom. The molecule has 0 heterocycles. The van der Waals surface area contributed by atoms with Crippen LogP contribution >= 0.6 is 0 Å². The van der Waals surface area contributed by atoms with E-state index in [1.807, 2.05) is 27.7 Å². The third-order valence-electron chi connectivity index (χ3n) is 2.08. The molecule has 0 atom stereocenters. The van der Waals surface area contributed by atoms with Gasteiger partial charge in [0.15, 0.2) is 0 Å². The zero-order valence-electron chi connectivity index (χ0n) is 16.1. The van der Waals surface area contributed by atoms with Crippen LogP contribution in [-0.4, -0.2) is 32.7 Å². The lowest BCUT2D eigenvalue weighted by Gasteiger charge is -2.20. The average Bonchev–Trinajstić information content (AvgIpc) is 2.47. The first-order chi connectivity index (χ1) is 9.53. The molecule has 0 aromatic rings. The fourth-order valence-corrected chi connectivity index (χ4v) is 1.12. The van der Waals surface area contributed by atoms with Gasteiger partial charge >= 0.3 is 0 Å². The Labute approximate surface area is 129 Å². The van der Waals surface area contributed by atoms with Crippen molar-refractivity contribution in [2.45, 2.75) is 68.2 Å². The molecule has 0 aliphatic rings. The third-order valence-corrected chi connectivity index (χ3v) is 2.08. The van der Waals surface area contributed by atoms with Crippen LogP contribution in [0.25, 0.3) is 0 Å². The highest BCUT2D eigenvalue weighted by atomic mass is 16.4. The lowest BCUT2D eigenvalue weighted by Crippen LogP contribution is -2.16. The zero-order valence-corrected chi connectivity index (χ0v) is 16.1. The summed E-state index contributed by atoms with van der Waals surface area (Å²) in [5.41, 5.74) is 2.80. The maximum atomic E-state index is 4.25. The Bertz CT molecular complexity index is 203. The van der Waals surface area contributed by atoms with Gasteiger partial charge in [0, 0.05) is 33.5 Å². The van der Waals surface area contributed by atoms with Gasteiger partial charge in [-0.2, -0.15) is 0 Å². The molecular formula is C18H41NO. The Morgan fingerprint density at radius 3 is 1.60 bits per heavy atom. The normalized spacial score (nSPS) is 8.85. The first-order valence-corrected chi connectivity index (χ1v) is 7.98. The van der Waals surface area contributed by atoms with Crippen LogP contribution in [0.15, 0.2) is 23.4 Å². The first-order valence-electron chi connectivity index (χ1n) is 7.98. The van der Waals surface area contributed by atoms with Gasteiger partial charge in [-0.25, -0.2) is 0 Å². The van der Waals surface area contributed by atoms with E-state index in [2.05, 4.69) is 56.5 Å². The second-order valence-electron chi connectivity index (χ2n) is 4.07. The summed E-state index contributed by atoms with van der Waals surface area (Å²) >= 11 is 0. The van der Waals surface area contributed by atoms with Gasteiger partial charge in [0.25, 0.3) is 0 Å². The molecule has 0 aliphatic carbocycles. The minimum absolute atomic E-state index is 1.09. The molecule has 20 heavy (non-hydrogen) atoms. The van der Waals surface area contributed by atoms with Crippen LogP contribution in [0.4, 0.5) is 0 Å². The minimum atomic E-state index is 1.09. The van der Waals surface area contributed by atoms with Crippen LogP contribution in [0, 0.1) is 0 Å². The van der Waals surface area contributed by atoms with Crippen LogP contribution in [0.2, 0.25) is 0 Å². The zero-order chi connectivity index (χ0) is 17.0. The summed E-state index contributed by atoms with van der Waals surface area (Å²) < 4.78 is 4.25. The minimum Gasteiger partial charge on any atom is -0.388 e. The van der Waals surface area contributed by atoms with Crippen molar-refractivity contribution >= 4 is 0 Å². The van der Waals surface area contributed by atoms with Crippen LogP contribution < -0.4 is 0 Å². The average molecular weight is 288 g/mol. The highest BCUT2D eigenvalue weighted by molar-refractivity contribution is 5.14. The Balaban J connectivity index is -0.000000155. The lowest BCUT2D eigenvalue weighted by molar-refractivity contribution is 0.277. The van der Waals surface area contributed by atoms with Crippen molar-refractivity contribution in [1.82, 2.24) is 4.90 Å². The van der Waals surface area contributed by atoms with Crippen molar-refractivity contribution in [3.8, 4) is 0 Å². The number of rotatable bonds is 5. The number of ether oxygens (including phenoxy) is 1. The summed E-state index contributed by atoms with van der Waals surface area (Å²) in [6.45, 7) is 17.8. The second-order valence-corrected chi connectivity index (χ2v) is 4.07. The van der Waals surface area contributed by atoms with E-state index in [0.29, 0.717) is 0 Å². The van der Waals surface area contributed by atoms with Crippen molar-refractivity contribution < 1.29 is 4.74 Å². The highest BCUT2D eigenvalue weighted by Crippen LogP contribution is 2.09. The maximum Gasteiger partial charge on any atom is 0.0351 e. The van der Waals surface area contributed by atoms with Crippen molar-refractivity contribution in [3.63, 3.8) is 0 Å². The number of nitrogens with zero attached hydrogens (tertiary/aromatic N) is 1. The predicted molar refractivity (Wildman–Crippen MR) is 96.4 cm³/mol. The van der Waals surface area contributed by atoms with Crippen LogP contribution in [0.3, 0.4) is 0 Å². The van der Waals surface area contributed by atoms with Crippen molar-refractivity contribution in [2.75, 3.05) is 27.8 Å². The molecule has 124 valence electrons. The van der Waals surface area contributed by atoms with E-state index in [9.17, 15) is 0 Å². The van der Waals surface area contributed by atoms with Crippen molar-refractivity contribution in [2.24, 2.45) is 0 Å². The third kappa shape index (κ3) is 25.9. The number of hydrogen-bond acceptors (Lipinski definition) is 2. The van der Waals surface area contributed by atoms with Crippen molar-refractivity contribution in [3.05, 3.63) is 23.4 Å². The van der Waals surface area contributed by atoms with Crippen LogP contribution in [0.5, 0.6) is 0 Å². The molecule has 0 unspecified atom stereocenters. The Kier molecular flexibility index (Phi) is 36.8. The van der Waals surface area contributed by atoms with E-state index in [1.165, 1.54) is 24.1 Å². The summed E-state index contributed by atoms with van der Waals surface area (Å²) in [6.07, 6.45) is 6.82. The summed E-state index contributed by atoms with van der Waals surface area (Å²) in [5.74, 6) is 0. The van der Waals surface area contributed by atoms with E-state index in [4.69, 9.17) is 0 Å². The van der Waals surface area contributed by atoms with E-state index in [1.54, 1.807) is 14.2 Å². The molecule has 0 rings (SSSR count). The number of methoxy groups -OCH3 is 1. The summed E-state index contributed by atoms with van der Waals surface area (Å²) in [6, 6.07) is 0. The molecule has 0 saturated carbocycles. The van der Waals surface area contributed by atoms with Crippen LogP contribution in [-0.2, 0) is 4.74 Å². The number of hydrogen-bond donors (Lipinski definition) is 0. The molecule has 0 radical (unpaired) electrons. The van der Waals surface area contributed by atoms with Gasteiger partial charge in [0.1, 0.15) is 0 Å².